The Morgan fingerprint density at radius 3 is 2.50 bits per heavy atom. The van der Waals surface area contributed by atoms with Crippen LogP contribution in [0.25, 0.3) is 0 Å². The zero-order chi connectivity index (χ0) is 10.9. The predicted molar refractivity (Wildman–Crippen MR) is 58.8 cm³/mol. The van der Waals surface area contributed by atoms with Crippen LogP contribution in [0.3, 0.4) is 0 Å². The monoisotopic (exact) mass is 229 g/mol. The number of hydrogen-bond acceptors (Lipinski definition) is 3. The van der Waals surface area contributed by atoms with Crippen LogP contribution in [0.15, 0.2) is 11.0 Å². The second-order valence-corrected chi connectivity index (χ2v) is 5.20. The summed E-state index contributed by atoms with van der Waals surface area (Å²) in [7, 11) is 0. The lowest BCUT2D eigenvalue weighted by atomic mass is 10.1. The molecule has 0 saturated heterocycles. The van der Waals surface area contributed by atoms with Crippen LogP contribution in [0.5, 0.6) is 0 Å². The molecule has 0 spiro atoms. The van der Waals surface area contributed by atoms with Gasteiger partial charge in [-0.2, -0.15) is 5.26 Å². The molecule has 0 aliphatic heterocycles. The lowest BCUT2D eigenvalue weighted by molar-refractivity contribution is -0.113. The molecule has 0 bridgehead atoms. The van der Waals surface area contributed by atoms with Gasteiger partial charge in [-0.1, -0.05) is 19.9 Å². The van der Waals surface area contributed by atoms with E-state index in [-0.39, 0.29) is 22.5 Å². The molecule has 0 aromatic heterocycles. The Hall–Kier alpha value is -0.460. The van der Waals surface area contributed by atoms with E-state index in [9.17, 15) is 4.79 Å². The Kier molecular flexibility index (Phi) is 3.28. The Morgan fingerprint density at radius 2 is 2.21 bits per heavy atom. The summed E-state index contributed by atoms with van der Waals surface area (Å²) in [4.78, 5) is 11.7. The molecule has 1 saturated carbocycles. The van der Waals surface area contributed by atoms with Crippen LogP contribution >= 0.6 is 23.4 Å². The molecule has 1 unspecified atom stereocenters. The minimum atomic E-state index is -0.297. The maximum Gasteiger partial charge on any atom is 0.225 e. The van der Waals surface area contributed by atoms with Gasteiger partial charge >= 0.3 is 0 Å². The third kappa shape index (κ3) is 1.97. The lowest BCUT2D eigenvalue weighted by Crippen LogP contribution is -1.96. The van der Waals surface area contributed by atoms with E-state index in [1.54, 1.807) is 0 Å². The highest BCUT2D eigenvalue weighted by atomic mass is 35.5. The standard InChI is InChI=1S/C10H12ClNOS/c1-10(2)7(8(10)9(11)13)4-6(5-12)14-3/h4,7-8H,1-3H3/b6-4+/t7-,8?/m1/s1. The van der Waals surface area contributed by atoms with Crippen LogP contribution in [0, 0.1) is 28.6 Å². The van der Waals surface area contributed by atoms with E-state index in [1.165, 1.54) is 11.8 Å². The second-order valence-electron chi connectivity index (χ2n) is 3.98. The van der Waals surface area contributed by atoms with Crippen molar-refractivity contribution in [3.05, 3.63) is 11.0 Å². The van der Waals surface area contributed by atoms with Crippen molar-refractivity contribution in [2.75, 3.05) is 6.26 Å². The number of hydrogen-bond donors (Lipinski definition) is 0. The Balaban J connectivity index is 2.80. The molecule has 76 valence electrons. The molecule has 1 aliphatic rings. The molecule has 2 atom stereocenters. The molecule has 0 heterocycles. The first-order valence-corrected chi connectivity index (χ1v) is 5.90. The number of nitrogens with zero attached hydrogens (tertiary/aromatic N) is 1. The van der Waals surface area contributed by atoms with Gasteiger partial charge in [-0.15, -0.1) is 11.8 Å². The van der Waals surface area contributed by atoms with Gasteiger partial charge < -0.3 is 0 Å². The highest BCUT2D eigenvalue weighted by molar-refractivity contribution is 8.02. The van der Waals surface area contributed by atoms with Gasteiger partial charge in [-0.3, -0.25) is 4.79 Å². The smallest absolute Gasteiger partial charge is 0.225 e. The molecule has 0 aromatic carbocycles. The second kappa shape index (κ2) is 3.96. The molecule has 0 aromatic rings. The fourth-order valence-electron chi connectivity index (χ4n) is 1.74. The lowest BCUT2D eigenvalue weighted by Gasteiger charge is -1.97. The summed E-state index contributed by atoms with van der Waals surface area (Å²) < 4.78 is 0. The number of carbonyl (C=O) groups excluding carboxylic acids is 1. The summed E-state index contributed by atoms with van der Waals surface area (Å²) in [6.45, 7) is 3.99. The minimum Gasteiger partial charge on any atom is -0.281 e. The van der Waals surface area contributed by atoms with E-state index in [2.05, 4.69) is 6.07 Å². The van der Waals surface area contributed by atoms with Crippen molar-refractivity contribution in [1.82, 2.24) is 0 Å². The summed E-state index contributed by atoms with van der Waals surface area (Å²) in [5, 5.41) is 8.44. The largest absolute Gasteiger partial charge is 0.281 e. The predicted octanol–water partition coefficient (Wildman–Crippen LogP) is 2.79. The third-order valence-corrected chi connectivity index (χ3v) is 3.72. The van der Waals surface area contributed by atoms with Crippen molar-refractivity contribution >= 4 is 28.6 Å². The van der Waals surface area contributed by atoms with Crippen molar-refractivity contribution < 1.29 is 4.79 Å². The Morgan fingerprint density at radius 1 is 1.64 bits per heavy atom. The highest BCUT2D eigenvalue weighted by Crippen LogP contribution is 2.60. The maximum atomic E-state index is 11.0. The van der Waals surface area contributed by atoms with Gasteiger partial charge in [-0.05, 0) is 29.2 Å². The van der Waals surface area contributed by atoms with Crippen LogP contribution in [0.1, 0.15) is 13.8 Å². The van der Waals surface area contributed by atoms with Crippen LogP contribution in [0.2, 0.25) is 0 Å². The van der Waals surface area contributed by atoms with E-state index < -0.39 is 0 Å². The van der Waals surface area contributed by atoms with Crippen molar-refractivity contribution in [1.29, 1.82) is 5.26 Å². The van der Waals surface area contributed by atoms with E-state index in [1.807, 2.05) is 26.2 Å². The van der Waals surface area contributed by atoms with E-state index in [0.717, 1.165) is 0 Å². The van der Waals surface area contributed by atoms with Gasteiger partial charge in [0.25, 0.3) is 0 Å². The number of halogens is 1. The zero-order valence-electron chi connectivity index (χ0n) is 8.37. The van der Waals surface area contributed by atoms with Crippen molar-refractivity contribution in [3.8, 4) is 6.07 Å². The molecule has 0 amide bonds. The third-order valence-electron chi connectivity index (χ3n) is 2.82. The van der Waals surface area contributed by atoms with Crippen LogP contribution < -0.4 is 0 Å². The summed E-state index contributed by atoms with van der Waals surface area (Å²) in [5.74, 6) is -0.00531. The normalized spacial score (nSPS) is 29.5. The molecule has 14 heavy (non-hydrogen) atoms. The molecule has 1 aliphatic carbocycles. The van der Waals surface area contributed by atoms with Crippen molar-refractivity contribution in [2.45, 2.75) is 13.8 Å². The maximum absolute atomic E-state index is 11.0. The Bertz CT molecular complexity index is 330. The van der Waals surface area contributed by atoms with Gasteiger partial charge in [0.2, 0.25) is 5.24 Å². The minimum absolute atomic E-state index is 0.0866. The fraction of sp³-hybridized carbons (Fsp3) is 0.600. The first-order chi connectivity index (χ1) is 6.45. The zero-order valence-corrected chi connectivity index (χ0v) is 9.95. The topological polar surface area (TPSA) is 40.9 Å². The van der Waals surface area contributed by atoms with Crippen molar-refractivity contribution in [2.24, 2.45) is 17.3 Å². The van der Waals surface area contributed by atoms with Crippen molar-refractivity contribution in [3.63, 3.8) is 0 Å². The number of thioether (sulfide) groups is 1. The number of allylic oxidation sites excluding steroid dienone is 2. The van der Waals surface area contributed by atoms with Gasteiger partial charge in [0.1, 0.15) is 6.07 Å². The molecular formula is C10H12ClNOS. The summed E-state index contributed by atoms with van der Waals surface area (Å²) >= 11 is 6.86. The van der Waals surface area contributed by atoms with E-state index in [4.69, 9.17) is 16.9 Å². The SMILES string of the molecule is CS/C(C#N)=C/[C@@H]1C(C(=O)Cl)C1(C)C. The number of carbonyl (C=O) groups is 1. The van der Waals surface area contributed by atoms with E-state index in [0.29, 0.717) is 4.91 Å². The molecule has 0 N–H and O–H groups in total. The number of rotatable bonds is 3. The number of nitriles is 1. The molecular weight excluding hydrogens is 218 g/mol. The highest BCUT2D eigenvalue weighted by Gasteiger charge is 2.60. The molecule has 2 nitrogen and oxygen atoms in total. The molecule has 1 fully saturated rings. The average molecular weight is 230 g/mol. The van der Waals surface area contributed by atoms with Gasteiger partial charge in [0, 0.05) is 5.92 Å². The molecule has 4 heteroatoms. The summed E-state index contributed by atoms with van der Waals surface area (Å²) in [6.07, 6.45) is 3.71. The molecule has 1 rings (SSSR count). The van der Waals surface area contributed by atoms with Crippen LogP contribution in [-0.2, 0) is 4.79 Å². The first-order valence-electron chi connectivity index (χ1n) is 4.30. The van der Waals surface area contributed by atoms with E-state index >= 15 is 0 Å². The van der Waals surface area contributed by atoms with Crippen LogP contribution in [0.4, 0.5) is 0 Å². The summed E-state index contributed by atoms with van der Waals surface area (Å²) in [5.41, 5.74) is -0.0866. The van der Waals surface area contributed by atoms with Gasteiger partial charge in [0.15, 0.2) is 0 Å². The quantitative estimate of drug-likeness (QED) is 0.552. The van der Waals surface area contributed by atoms with Gasteiger partial charge in [-0.25, -0.2) is 0 Å². The first kappa shape index (κ1) is 11.6. The summed E-state index contributed by atoms with van der Waals surface area (Å²) in [6, 6.07) is 2.09. The molecule has 0 radical (unpaired) electrons. The Labute approximate surface area is 93.3 Å². The average Bonchev–Trinajstić information content (AvgIpc) is 2.63. The van der Waals surface area contributed by atoms with Gasteiger partial charge in [0.05, 0.1) is 4.91 Å². The fourth-order valence-corrected chi connectivity index (χ4v) is 2.53. The van der Waals surface area contributed by atoms with Crippen LogP contribution in [-0.4, -0.2) is 11.5 Å².